The quantitative estimate of drug-likeness (QED) is 0.826. The van der Waals surface area contributed by atoms with Crippen molar-refractivity contribution in [1.82, 2.24) is 14.7 Å². The van der Waals surface area contributed by atoms with E-state index in [0.717, 1.165) is 0 Å². The first-order valence-corrected chi connectivity index (χ1v) is 6.71. The van der Waals surface area contributed by atoms with E-state index in [9.17, 15) is 14.7 Å². The highest BCUT2D eigenvalue weighted by Gasteiger charge is 2.41. The Kier molecular flexibility index (Phi) is 4.08. The standard InChI is InChI=1S/C13H19N3O4/c1-2-10(16-7-3-6-14-16)11(17)15-8-4-13(20,5-9-15)12(18)19/h3,6-7,10,20H,2,4-5,8-9H2,1H3,(H,18,19). The average Bonchev–Trinajstić information content (AvgIpc) is 2.94. The fourth-order valence-corrected chi connectivity index (χ4v) is 2.46. The summed E-state index contributed by atoms with van der Waals surface area (Å²) >= 11 is 0. The number of aliphatic carboxylic acids is 1. The van der Waals surface area contributed by atoms with Crippen LogP contribution in [0.3, 0.4) is 0 Å². The molecule has 2 N–H and O–H groups in total. The van der Waals surface area contributed by atoms with Gasteiger partial charge in [0.1, 0.15) is 6.04 Å². The van der Waals surface area contributed by atoms with E-state index >= 15 is 0 Å². The van der Waals surface area contributed by atoms with Gasteiger partial charge in [-0.2, -0.15) is 5.10 Å². The van der Waals surface area contributed by atoms with Crippen LogP contribution in [0.4, 0.5) is 0 Å². The van der Waals surface area contributed by atoms with Crippen LogP contribution >= 0.6 is 0 Å². The molecule has 110 valence electrons. The lowest BCUT2D eigenvalue weighted by Gasteiger charge is -2.36. The number of carboxylic acid groups (broad SMARTS) is 1. The average molecular weight is 281 g/mol. The normalized spacial score (nSPS) is 19.6. The van der Waals surface area contributed by atoms with Crippen LogP contribution < -0.4 is 0 Å². The smallest absolute Gasteiger partial charge is 0.335 e. The molecule has 1 aliphatic heterocycles. The van der Waals surface area contributed by atoms with E-state index in [1.54, 1.807) is 28.0 Å². The molecule has 0 aliphatic carbocycles. The van der Waals surface area contributed by atoms with E-state index in [-0.39, 0.29) is 37.9 Å². The second kappa shape index (κ2) is 5.62. The zero-order chi connectivity index (χ0) is 14.8. The molecule has 0 spiro atoms. The van der Waals surface area contributed by atoms with Crippen LogP contribution in [-0.4, -0.2) is 55.5 Å². The summed E-state index contributed by atoms with van der Waals surface area (Å²) < 4.78 is 1.61. The Hall–Kier alpha value is -1.89. The van der Waals surface area contributed by atoms with Crippen molar-refractivity contribution in [1.29, 1.82) is 0 Å². The van der Waals surface area contributed by atoms with E-state index in [0.29, 0.717) is 6.42 Å². The Morgan fingerprint density at radius 3 is 2.50 bits per heavy atom. The second-order valence-electron chi connectivity index (χ2n) is 5.07. The number of aromatic nitrogens is 2. The molecule has 0 saturated carbocycles. The molecule has 1 aliphatic rings. The Bertz CT molecular complexity index is 478. The van der Waals surface area contributed by atoms with E-state index in [2.05, 4.69) is 5.10 Å². The third kappa shape index (κ3) is 2.67. The first kappa shape index (κ1) is 14.5. The van der Waals surface area contributed by atoms with Crippen molar-refractivity contribution in [2.75, 3.05) is 13.1 Å². The lowest BCUT2D eigenvalue weighted by Crippen LogP contribution is -2.52. The number of hydrogen-bond acceptors (Lipinski definition) is 4. The van der Waals surface area contributed by atoms with Gasteiger partial charge in [0.05, 0.1) is 0 Å². The molecular formula is C13H19N3O4. The van der Waals surface area contributed by atoms with Crippen molar-refractivity contribution in [3.8, 4) is 0 Å². The molecule has 2 heterocycles. The maximum absolute atomic E-state index is 12.4. The van der Waals surface area contributed by atoms with E-state index < -0.39 is 11.6 Å². The second-order valence-corrected chi connectivity index (χ2v) is 5.07. The molecule has 7 heteroatoms. The summed E-state index contributed by atoms with van der Waals surface area (Å²) in [5.74, 6) is -1.30. The number of piperidine rings is 1. The predicted molar refractivity (Wildman–Crippen MR) is 70.0 cm³/mol. The van der Waals surface area contributed by atoms with Gasteiger partial charge in [0.15, 0.2) is 5.60 Å². The highest BCUT2D eigenvalue weighted by molar-refractivity contribution is 5.81. The van der Waals surface area contributed by atoms with Crippen LogP contribution in [0.2, 0.25) is 0 Å². The molecule has 0 radical (unpaired) electrons. The van der Waals surface area contributed by atoms with Crippen molar-refractivity contribution in [2.24, 2.45) is 0 Å². The lowest BCUT2D eigenvalue weighted by molar-refractivity contribution is -0.165. The number of rotatable bonds is 4. The predicted octanol–water partition coefficient (Wildman–Crippen LogP) is 0.272. The van der Waals surface area contributed by atoms with Gasteiger partial charge in [-0.3, -0.25) is 9.48 Å². The van der Waals surface area contributed by atoms with Crippen LogP contribution in [-0.2, 0) is 9.59 Å². The van der Waals surface area contributed by atoms with Crippen LogP contribution in [0, 0.1) is 0 Å². The van der Waals surface area contributed by atoms with Crippen molar-refractivity contribution in [3.63, 3.8) is 0 Å². The number of likely N-dealkylation sites (tertiary alicyclic amines) is 1. The molecule has 1 atom stereocenters. The molecule has 2 rings (SSSR count). The fourth-order valence-electron chi connectivity index (χ4n) is 2.46. The first-order valence-electron chi connectivity index (χ1n) is 6.71. The highest BCUT2D eigenvalue weighted by Crippen LogP contribution is 2.25. The Morgan fingerprint density at radius 2 is 2.05 bits per heavy atom. The third-order valence-corrected chi connectivity index (χ3v) is 3.82. The minimum absolute atomic E-state index is 0.0591. The third-order valence-electron chi connectivity index (χ3n) is 3.82. The molecule has 1 fully saturated rings. The van der Waals surface area contributed by atoms with Crippen LogP contribution in [0.15, 0.2) is 18.5 Å². The molecular weight excluding hydrogens is 262 g/mol. The number of carbonyl (C=O) groups excluding carboxylic acids is 1. The number of carbonyl (C=O) groups is 2. The van der Waals surface area contributed by atoms with Crippen LogP contribution in [0.25, 0.3) is 0 Å². The van der Waals surface area contributed by atoms with Crippen molar-refractivity contribution in [3.05, 3.63) is 18.5 Å². The van der Waals surface area contributed by atoms with Crippen LogP contribution in [0.5, 0.6) is 0 Å². The summed E-state index contributed by atoms with van der Waals surface area (Å²) in [4.78, 5) is 25.0. The van der Waals surface area contributed by atoms with Crippen molar-refractivity contribution in [2.45, 2.75) is 37.8 Å². The monoisotopic (exact) mass is 281 g/mol. The van der Waals surface area contributed by atoms with Gasteiger partial charge in [-0.15, -0.1) is 0 Å². The lowest BCUT2D eigenvalue weighted by atomic mass is 9.91. The van der Waals surface area contributed by atoms with Gasteiger partial charge in [-0.05, 0) is 12.5 Å². The molecule has 1 amide bonds. The fraction of sp³-hybridized carbons (Fsp3) is 0.615. The largest absolute Gasteiger partial charge is 0.479 e. The summed E-state index contributed by atoms with van der Waals surface area (Å²) in [6, 6.07) is 1.39. The number of aliphatic hydroxyl groups is 1. The first-order chi connectivity index (χ1) is 9.48. The van der Waals surface area contributed by atoms with Crippen molar-refractivity contribution < 1.29 is 19.8 Å². The molecule has 0 aromatic carbocycles. The van der Waals surface area contributed by atoms with Gasteiger partial charge >= 0.3 is 5.97 Å². The molecule has 20 heavy (non-hydrogen) atoms. The zero-order valence-electron chi connectivity index (χ0n) is 11.4. The zero-order valence-corrected chi connectivity index (χ0v) is 11.4. The Balaban J connectivity index is 2.03. The summed E-state index contributed by atoms with van der Waals surface area (Å²) in [5, 5.41) is 22.9. The Labute approximate surface area is 116 Å². The summed E-state index contributed by atoms with van der Waals surface area (Å²) in [7, 11) is 0. The van der Waals surface area contributed by atoms with Crippen LogP contribution in [0.1, 0.15) is 32.2 Å². The topological polar surface area (TPSA) is 95.7 Å². The van der Waals surface area contributed by atoms with E-state index in [1.165, 1.54) is 0 Å². The van der Waals surface area contributed by atoms with Gasteiger partial charge in [-0.1, -0.05) is 6.92 Å². The SMILES string of the molecule is CCC(C(=O)N1CCC(O)(C(=O)O)CC1)n1cccn1. The van der Waals surface area contributed by atoms with Gasteiger partial charge < -0.3 is 15.1 Å². The number of hydrogen-bond donors (Lipinski definition) is 2. The number of carboxylic acids is 1. The minimum Gasteiger partial charge on any atom is -0.479 e. The van der Waals surface area contributed by atoms with E-state index in [4.69, 9.17) is 5.11 Å². The molecule has 1 aromatic heterocycles. The molecule has 1 aromatic rings. The number of nitrogens with zero attached hydrogens (tertiary/aromatic N) is 3. The molecule has 1 saturated heterocycles. The minimum atomic E-state index is -1.70. The maximum Gasteiger partial charge on any atom is 0.335 e. The summed E-state index contributed by atoms with van der Waals surface area (Å²) in [6.45, 7) is 2.40. The van der Waals surface area contributed by atoms with Gasteiger partial charge in [0.25, 0.3) is 0 Å². The highest BCUT2D eigenvalue weighted by atomic mass is 16.4. The molecule has 1 unspecified atom stereocenters. The van der Waals surface area contributed by atoms with Gasteiger partial charge in [0.2, 0.25) is 5.91 Å². The molecule has 7 nitrogen and oxygen atoms in total. The van der Waals surface area contributed by atoms with Gasteiger partial charge in [0, 0.05) is 38.3 Å². The summed E-state index contributed by atoms with van der Waals surface area (Å²) in [6.07, 6.45) is 4.09. The van der Waals surface area contributed by atoms with Gasteiger partial charge in [-0.25, -0.2) is 4.79 Å². The Morgan fingerprint density at radius 1 is 1.40 bits per heavy atom. The van der Waals surface area contributed by atoms with E-state index in [1.807, 2.05) is 6.92 Å². The molecule has 0 bridgehead atoms. The summed E-state index contributed by atoms with van der Waals surface area (Å²) in [5.41, 5.74) is -1.70. The maximum atomic E-state index is 12.4. The number of amides is 1. The van der Waals surface area contributed by atoms with Crippen molar-refractivity contribution >= 4 is 11.9 Å².